The molecule has 0 bridgehead atoms. The van der Waals surface area contributed by atoms with Crippen LogP contribution in [0.25, 0.3) is 0 Å². The Kier molecular flexibility index (Phi) is 4.67. The molecule has 3 N–H and O–H groups in total. The summed E-state index contributed by atoms with van der Waals surface area (Å²) in [6, 6.07) is 4.19. The zero-order valence-electron chi connectivity index (χ0n) is 10.9. The van der Waals surface area contributed by atoms with E-state index in [1.807, 2.05) is 13.8 Å². The summed E-state index contributed by atoms with van der Waals surface area (Å²) in [5.74, 6) is -0.507. The lowest BCUT2D eigenvalue weighted by molar-refractivity contribution is -0.116. The molecule has 1 aromatic carbocycles. The van der Waals surface area contributed by atoms with Crippen LogP contribution in [0.5, 0.6) is 5.75 Å². The van der Waals surface area contributed by atoms with Gasteiger partial charge in [0, 0.05) is 23.7 Å². The van der Waals surface area contributed by atoms with Gasteiger partial charge in [-0.2, -0.15) is 0 Å². The Bertz CT molecular complexity index is 427. The second-order valence-electron chi connectivity index (χ2n) is 4.89. The molecule has 0 atom stereocenters. The van der Waals surface area contributed by atoms with E-state index >= 15 is 0 Å². The summed E-state index contributed by atoms with van der Waals surface area (Å²) >= 11 is 0. The van der Waals surface area contributed by atoms with Crippen LogP contribution in [0.15, 0.2) is 18.2 Å². The minimum atomic E-state index is -0.460. The zero-order valence-corrected chi connectivity index (χ0v) is 10.9. The summed E-state index contributed by atoms with van der Waals surface area (Å²) in [7, 11) is 1.38. The number of nitrogens with two attached hydrogens (primary N) is 1. The molecule has 0 aliphatic heterocycles. The van der Waals surface area contributed by atoms with Crippen LogP contribution in [0.2, 0.25) is 0 Å². The van der Waals surface area contributed by atoms with Crippen LogP contribution in [0.4, 0.5) is 10.1 Å². The topological polar surface area (TPSA) is 64.3 Å². The second kappa shape index (κ2) is 5.82. The quantitative estimate of drug-likeness (QED) is 0.847. The number of halogens is 1. The van der Waals surface area contributed by atoms with E-state index in [2.05, 4.69) is 5.32 Å². The Morgan fingerprint density at radius 2 is 2.17 bits per heavy atom. The summed E-state index contributed by atoms with van der Waals surface area (Å²) in [4.78, 5) is 11.6. The molecule has 1 rings (SSSR count). The van der Waals surface area contributed by atoms with Crippen LogP contribution < -0.4 is 15.8 Å². The third-order valence-electron chi connectivity index (χ3n) is 2.43. The number of nitrogens with one attached hydrogen (secondary N) is 1. The number of carbonyl (C=O) groups excluding carboxylic acids is 1. The van der Waals surface area contributed by atoms with E-state index in [0.717, 1.165) is 0 Å². The second-order valence-corrected chi connectivity index (χ2v) is 4.89. The molecule has 0 aromatic heterocycles. The van der Waals surface area contributed by atoms with Crippen LogP contribution in [-0.4, -0.2) is 18.6 Å². The van der Waals surface area contributed by atoms with Gasteiger partial charge in [-0.3, -0.25) is 4.79 Å². The largest absolute Gasteiger partial charge is 0.494 e. The molecule has 1 aromatic rings. The number of anilines is 1. The molecule has 1 amide bonds. The summed E-state index contributed by atoms with van der Waals surface area (Å²) in [6.07, 6.45) is 0.903. The fourth-order valence-electron chi connectivity index (χ4n) is 1.40. The molecular weight excluding hydrogens is 235 g/mol. The first kappa shape index (κ1) is 14.4. The number of ether oxygens (including phenoxy) is 1. The van der Waals surface area contributed by atoms with Crippen molar-refractivity contribution < 1.29 is 13.9 Å². The molecule has 0 saturated carbocycles. The molecule has 0 fully saturated rings. The van der Waals surface area contributed by atoms with Gasteiger partial charge in [-0.25, -0.2) is 4.39 Å². The number of methoxy groups -OCH3 is 1. The molecule has 4 nitrogen and oxygen atoms in total. The Labute approximate surface area is 106 Å². The first-order chi connectivity index (χ1) is 8.31. The van der Waals surface area contributed by atoms with Gasteiger partial charge in [0.15, 0.2) is 11.6 Å². The summed E-state index contributed by atoms with van der Waals surface area (Å²) in [5.41, 5.74) is 5.92. The number of amides is 1. The van der Waals surface area contributed by atoms with Crippen LogP contribution in [0.3, 0.4) is 0 Å². The molecule has 0 aliphatic carbocycles. The van der Waals surface area contributed by atoms with Crippen molar-refractivity contribution in [3.8, 4) is 5.75 Å². The Morgan fingerprint density at radius 1 is 1.50 bits per heavy atom. The average Bonchev–Trinajstić information content (AvgIpc) is 2.28. The molecule has 0 saturated heterocycles. The molecular formula is C13H19FN2O2. The SMILES string of the molecule is COc1cc(NC(=O)CCC(C)(C)N)ccc1F. The summed E-state index contributed by atoms with van der Waals surface area (Å²) in [5, 5.41) is 2.68. The van der Waals surface area contributed by atoms with Gasteiger partial charge in [0.1, 0.15) is 0 Å². The van der Waals surface area contributed by atoms with Crippen molar-refractivity contribution in [2.75, 3.05) is 12.4 Å². The van der Waals surface area contributed by atoms with Gasteiger partial charge in [-0.15, -0.1) is 0 Å². The van der Waals surface area contributed by atoms with E-state index in [1.165, 1.54) is 25.3 Å². The summed E-state index contributed by atoms with van der Waals surface area (Å²) in [6.45, 7) is 3.72. The molecule has 0 heterocycles. The van der Waals surface area contributed by atoms with Crippen molar-refractivity contribution in [2.24, 2.45) is 5.73 Å². The maximum absolute atomic E-state index is 13.2. The first-order valence-corrected chi connectivity index (χ1v) is 5.74. The van der Waals surface area contributed by atoms with Gasteiger partial charge < -0.3 is 15.8 Å². The lowest BCUT2D eigenvalue weighted by atomic mass is 10.00. The fourth-order valence-corrected chi connectivity index (χ4v) is 1.40. The molecule has 18 heavy (non-hydrogen) atoms. The van der Waals surface area contributed by atoms with Crippen LogP contribution in [-0.2, 0) is 4.79 Å². The Hall–Kier alpha value is -1.62. The molecule has 0 aliphatic rings. The summed E-state index contributed by atoms with van der Waals surface area (Å²) < 4.78 is 18.0. The van der Waals surface area contributed by atoms with E-state index in [4.69, 9.17) is 10.5 Å². The third kappa shape index (κ3) is 4.71. The standard InChI is InChI=1S/C13H19FN2O2/c1-13(2,15)7-6-12(17)16-9-4-5-10(14)11(8-9)18-3/h4-5,8H,6-7,15H2,1-3H3,(H,16,17). The molecule has 5 heteroatoms. The highest BCUT2D eigenvalue weighted by atomic mass is 19.1. The molecule has 0 unspecified atom stereocenters. The zero-order chi connectivity index (χ0) is 13.8. The van der Waals surface area contributed by atoms with Crippen LogP contribution >= 0.6 is 0 Å². The fraction of sp³-hybridized carbons (Fsp3) is 0.462. The van der Waals surface area contributed by atoms with E-state index in [0.29, 0.717) is 18.5 Å². The molecule has 100 valence electrons. The van der Waals surface area contributed by atoms with Gasteiger partial charge in [0.2, 0.25) is 5.91 Å². The van der Waals surface area contributed by atoms with Gasteiger partial charge in [-0.05, 0) is 32.4 Å². The lowest BCUT2D eigenvalue weighted by Gasteiger charge is -2.17. The lowest BCUT2D eigenvalue weighted by Crippen LogP contribution is -2.33. The van der Waals surface area contributed by atoms with Crippen molar-refractivity contribution >= 4 is 11.6 Å². The van der Waals surface area contributed by atoms with E-state index in [1.54, 1.807) is 0 Å². The predicted molar refractivity (Wildman–Crippen MR) is 69.1 cm³/mol. The highest BCUT2D eigenvalue weighted by molar-refractivity contribution is 5.90. The van der Waals surface area contributed by atoms with E-state index in [9.17, 15) is 9.18 Å². The Morgan fingerprint density at radius 3 is 2.72 bits per heavy atom. The average molecular weight is 254 g/mol. The van der Waals surface area contributed by atoms with Gasteiger partial charge in [-0.1, -0.05) is 0 Å². The highest BCUT2D eigenvalue weighted by Gasteiger charge is 2.13. The maximum atomic E-state index is 13.2. The van der Waals surface area contributed by atoms with Crippen molar-refractivity contribution in [2.45, 2.75) is 32.2 Å². The van der Waals surface area contributed by atoms with Crippen molar-refractivity contribution in [1.82, 2.24) is 0 Å². The predicted octanol–water partition coefficient (Wildman–Crippen LogP) is 2.29. The number of hydrogen-bond donors (Lipinski definition) is 2. The van der Waals surface area contributed by atoms with Gasteiger partial charge in [0.25, 0.3) is 0 Å². The molecule has 0 radical (unpaired) electrons. The van der Waals surface area contributed by atoms with Crippen LogP contribution in [0, 0.1) is 5.82 Å². The highest BCUT2D eigenvalue weighted by Crippen LogP contribution is 2.21. The van der Waals surface area contributed by atoms with E-state index < -0.39 is 5.82 Å². The minimum absolute atomic E-state index is 0.104. The van der Waals surface area contributed by atoms with Crippen LogP contribution in [0.1, 0.15) is 26.7 Å². The van der Waals surface area contributed by atoms with Gasteiger partial charge in [0.05, 0.1) is 7.11 Å². The number of carbonyl (C=O) groups is 1. The number of hydrogen-bond acceptors (Lipinski definition) is 3. The monoisotopic (exact) mass is 254 g/mol. The first-order valence-electron chi connectivity index (χ1n) is 5.74. The van der Waals surface area contributed by atoms with Crippen molar-refractivity contribution in [3.63, 3.8) is 0 Å². The normalized spacial score (nSPS) is 11.2. The number of rotatable bonds is 5. The maximum Gasteiger partial charge on any atom is 0.224 e. The molecule has 0 spiro atoms. The van der Waals surface area contributed by atoms with Crippen molar-refractivity contribution in [3.05, 3.63) is 24.0 Å². The third-order valence-corrected chi connectivity index (χ3v) is 2.43. The smallest absolute Gasteiger partial charge is 0.224 e. The Balaban J connectivity index is 2.59. The van der Waals surface area contributed by atoms with E-state index in [-0.39, 0.29) is 17.2 Å². The van der Waals surface area contributed by atoms with Crippen molar-refractivity contribution in [1.29, 1.82) is 0 Å². The van der Waals surface area contributed by atoms with Gasteiger partial charge >= 0.3 is 0 Å². The minimum Gasteiger partial charge on any atom is -0.494 e. The number of benzene rings is 1.